The van der Waals surface area contributed by atoms with Crippen molar-refractivity contribution in [2.24, 2.45) is 0 Å². The van der Waals surface area contributed by atoms with Gasteiger partial charge in [0.15, 0.2) is 17.5 Å². The van der Waals surface area contributed by atoms with Crippen molar-refractivity contribution in [3.63, 3.8) is 0 Å². The monoisotopic (exact) mass is 702 g/mol. The first kappa shape index (κ1) is 31.1. The smallest absolute Gasteiger partial charge is 0.164 e. The van der Waals surface area contributed by atoms with Crippen molar-refractivity contribution in [3.05, 3.63) is 182 Å². The molecular formula is C50H30N4O. The Hall–Kier alpha value is -7.50. The van der Waals surface area contributed by atoms with Crippen LogP contribution < -0.4 is 0 Å². The average Bonchev–Trinajstić information content (AvgIpc) is 3.64. The van der Waals surface area contributed by atoms with Gasteiger partial charge in [-0.2, -0.15) is 0 Å². The van der Waals surface area contributed by atoms with Crippen molar-refractivity contribution in [2.45, 2.75) is 0 Å². The quantitative estimate of drug-likeness (QED) is 0.167. The van der Waals surface area contributed by atoms with E-state index in [-0.39, 0.29) is 0 Å². The molecule has 5 nitrogen and oxygen atoms in total. The van der Waals surface area contributed by atoms with E-state index in [0.29, 0.717) is 17.5 Å². The lowest BCUT2D eigenvalue weighted by Gasteiger charge is -2.16. The average molecular weight is 703 g/mol. The van der Waals surface area contributed by atoms with Crippen LogP contribution in [0.4, 0.5) is 0 Å². The van der Waals surface area contributed by atoms with E-state index in [1.165, 1.54) is 0 Å². The molecule has 256 valence electrons. The van der Waals surface area contributed by atoms with Crippen LogP contribution in [0.2, 0.25) is 0 Å². The Morgan fingerprint density at radius 3 is 1.71 bits per heavy atom. The van der Waals surface area contributed by atoms with Gasteiger partial charge in [-0.25, -0.2) is 19.9 Å². The molecule has 0 aliphatic heterocycles. The number of furan rings is 1. The zero-order chi connectivity index (χ0) is 36.3. The van der Waals surface area contributed by atoms with Gasteiger partial charge in [0.2, 0.25) is 0 Å². The molecule has 0 spiro atoms. The highest BCUT2D eigenvalue weighted by molar-refractivity contribution is 6.27. The predicted octanol–water partition coefficient (Wildman–Crippen LogP) is 13.0. The summed E-state index contributed by atoms with van der Waals surface area (Å²) in [6, 6.07) is 62.6. The van der Waals surface area contributed by atoms with Crippen molar-refractivity contribution < 1.29 is 4.42 Å². The molecule has 0 aliphatic rings. The topological polar surface area (TPSA) is 64.7 Å². The van der Waals surface area contributed by atoms with Gasteiger partial charge in [-0.15, -0.1) is 0 Å². The molecule has 5 heteroatoms. The van der Waals surface area contributed by atoms with Crippen LogP contribution >= 0.6 is 0 Å². The number of pyridine rings is 1. The van der Waals surface area contributed by atoms with Crippen LogP contribution in [0.3, 0.4) is 0 Å². The molecule has 0 saturated carbocycles. The van der Waals surface area contributed by atoms with E-state index in [1.807, 2.05) is 42.5 Å². The molecule has 0 radical (unpaired) electrons. The summed E-state index contributed by atoms with van der Waals surface area (Å²) in [7, 11) is 0. The van der Waals surface area contributed by atoms with E-state index in [1.54, 1.807) is 0 Å². The van der Waals surface area contributed by atoms with Crippen molar-refractivity contribution in [1.82, 2.24) is 19.9 Å². The number of rotatable bonds is 5. The Bertz CT molecular complexity index is 3240. The van der Waals surface area contributed by atoms with Gasteiger partial charge in [-0.3, -0.25) is 0 Å². The number of para-hydroxylation sites is 2. The zero-order valence-electron chi connectivity index (χ0n) is 29.5. The van der Waals surface area contributed by atoms with E-state index < -0.39 is 0 Å². The number of benzene rings is 8. The third-order valence-corrected chi connectivity index (χ3v) is 10.5. The summed E-state index contributed by atoms with van der Waals surface area (Å²) in [4.78, 5) is 20.5. The minimum atomic E-state index is 0.606. The fourth-order valence-corrected chi connectivity index (χ4v) is 7.97. The minimum absolute atomic E-state index is 0.606. The lowest BCUT2D eigenvalue weighted by atomic mass is 9.89. The second-order valence-electron chi connectivity index (χ2n) is 13.8. The molecule has 0 bridgehead atoms. The zero-order valence-corrected chi connectivity index (χ0v) is 29.5. The summed E-state index contributed by atoms with van der Waals surface area (Å²) in [6.07, 6.45) is 0. The number of hydrogen-bond acceptors (Lipinski definition) is 5. The molecule has 0 fully saturated rings. The molecule has 55 heavy (non-hydrogen) atoms. The van der Waals surface area contributed by atoms with E-state index in [0.717, 1.165) is 93.5 Å². The molecule has 3 heterocycles. The van der Waals surface area contributed by atoms with Crippen molar-refractivity contribution in [2.75, 3.05) is 0 Å². The second kappa shape index (κ2) is 12.6. The number of aromatic nitrogens is 4. The summed E-state index contributed by atoms with van der Waals surface area (Å²) < 4.78 is 6.57. The first-order valence-electron chi connectivity index (χ1n) is 18.4. The standard InChI is InChI=1S/C50H30N4O/c1-3-15-32(16-4-1)44-45-38-21-9-11-24-41(38)51-47(40(45)30-43-46(44)39-22-10-12-25-42(39)55-43)33-26-28-35(29-27-33)49-52-48(34-17-5-2-6-18-34)53-50(54-49)37-23-13-19-31-14-7-8-20-36(31)37/h1-30H. The van der Waals surface area contributed by atoms with Crippen molar-refractivity contribution in [3.8, 4) is 56.5 Å². The molecule has 0 unspecified atom stereocenters. The van der Waals surface area contributed by atoms with Gasteiger partial charge in [0.25, 0.3) is 0 Å². The van der Waals surface area contributed by atoms with Crippen LogP contribution in [0.15, 0.2) is 186 Å². The molecule has 11 aromatic rings. The molecule has 11 rings (SSSR count). The SMILES string of the molecule is c1ccc(-c2nc(-c3ccc(-c4nc5ccccc5c5c(-c6ccccc6)c6c(cc45)oc4ccccc46)cc3)nc(-c3cccc4ccccc34)n2)cc1. The van der Waals surface area contributed by atoms with E-state index in [9.17, 15) is 0 Å². The van der Waals surface area contributed by atoms with E-state index in [2.05, 4.69) is 140 Å². The van der Waals surface area contributed by atoms with Crippen molar-refractivity contribution >= 4 is 54.4 Å². The lowest BCUT2D eigenvalue weighted by Crippen LogP contribution is -2.00. The maximum atomic E-state index is 6.57. The molecular weight excluding hydrogens is 673 g/mol. The van der Waals surface area contributed by atoms with Gasteiger partial charge in [-0.05, 0) is 34.5 Å². The van der Waals surface area contributed by atoms with Crippen LogP contribution in [0, 0.1) is 0 Å². The molecule has 3 aromatic heterocycles. The fourth-order valence-electron chi connectivity index (χ4n) is 7.97. The molecule has 0 atom stereocenters. The third-order valence-electron chi connectivity index (χ3n) is 10.5. The summed E-state index contributed by atoms with van der Waals surface area (Å²) >= 11 is 0. The van der Waals surface area contributed by atoms with Crippen LogP contribution in [0.5, 0.6) is 0 Å². The largest absolute Gasteiger partial charge is 0.456 e. The predicted molar refractivity (Wildman–Crippen MR) is 225 cm³/mol. The summed E-state index contributed by atoms with van der Waals surface area (Å²) in [5, 5.41) is 7.72. The highest BCUT2D eigenvalue weighted by atomic mass is 16.3. The summed E-state index contributed by atoms with van der Waals surface area (Å²) in [5.41, 5.74) is 9.57. The van der Waals surface area contributed by atoms with E-state index in [4.69, 9.17) is 24.4 Å². The minimum Gasteiger partial charge on any atom is -0.456 e. The van der Waals surface area contributed by atoms with Gasteiger partial charge < -0.3 is 4.42 Å². The van der Waals surface area contributed by atoms with Gasteiger partial charge in [0.1, 0.15) is 11.2 Å². The molecule has 8 aromatic carbocycles. The Kier molecular flexibility index (Phi) is 7.10. The summed E-state index contributed by atoms with van der Waals surface area (Å²) in [6.45, 7) is 0. The maximum Gasteiger partial charge on any atom is 0.164 e. The van der Waals surface area contributed by atoms with Gasteiger partial charge in [0, 0.05) is 54.7 Å². The van der Waals surface area contributed by atoms with E-state index >= 15 is 0 Å². The molecule has 0 saturated heterocycles. The summed E-state index contributed by atoms with van der Waals surface area (Å²) in [5.74, 6) is 1.87. The van der Waals surface area contributed by atoms with Gasteiger partial charge in [0.05, 0.1) is 11.2 Å². The highest BCUT2D eigenvalue weighted by Gasteiger charge is 2.22. The Morgan fingerprint density at radius 2 is 0.927 bits per heavy atom. The Labute approximate surface area is 316 Å². The highest BCUT2D eigenvalue weighted by Crippen LogP contribution is 2.46. The first-order valence-corrected chi connectivity index (χ1v) is 18.4. The molecule has 0 N–H and O–H groups in total. The van der Waals surface area contributed by atoms with Crippen LogP contribution in [0.25, 0.3) is 111 Å². The third kappa shape index (κ3) is 5.17. The Morgan fingerprint density at radius 1 is 0.345 bits per heavy atom. The van der Waals surface area contributed by atoms with Gasteiger partial charge in [-0.1, -0.05) is 164 Å². The second-order valence-corrected chi connectivity index (χ2v) is 13.8. The number of hydrogen-bond donors (Lipinski definition) is 0. The normalized spacial score (nSPS) is 11.6. The maximum absolute atomic E-state index is 6.57. The number of nitrogens with zero attached hydrogens (tertiary/aromatic N) is 4. The van der Waals surface area contributed by atoms with Crippen LogP contribution in [0.1, 0.15) is 0 Å². The molecule has 0 aliphatic carbocycles. The van der Waals surface area contributed by atoms with Crippen molar-refractivity contribution in [1.29, 1.82) is 0 Å². The number of fused-ring (bicyclic) bond motifs is 7. The van der Waals surface area contributed by atoms with Crippen LogP contribution in [-0.4, -0.2) is 19.9 Å². The first-order chi connectivity index (χ1) is 27.3. The molecule has 0 amide bonds. The van der Waals surface area contributed by atoms with Crippen LogP contribution in [-0.2, 0) is 0 Å². The Balaban J connectivity index is 1.13. The fraction of sp³-hybridized carbons (Fsp3) is 0. The lowest BCUT2D eigenvalue weighted by molar-refractivity contribution is 0.669. The van der Waals surface area contributed by atoms with Gasteiger partial charge >= 0.3 is 0 Å².